The molecule has 166 valence electrons. The average Bonchev–Trinajstić information content (AvgIpc) is 3.12. The third-order valence-electron chi connectivity index (χ3n) is 5.10. The molecule has 0 bridgehead atoms. The summed E-state index contributed by atoms with van der Waals surface area (Å²) >= 11 is 6.30. The number of nitrogens with zero attached hydrogens (tertiary/aromatic N) is 2. The summed E-state index contributed by atoms with van der Waals surface area (Å²) < 4.78 is 19.2. The molecule has 0 fully saturated rings. The molecule has 0 aliphatic rings. The lowest BCUT2D eigenvalue weighted by atomic mass is 10.2. The molecule has 4 rings (SSSR count). The molecule has 4 aromatic rings. The van der Waals surface area contributed by atoms with E-state index in [-0.39, 0.29) is 24.3 Å². The number of rotatable bonds is 8. The smallest absolute Gasteiger partial charge is 0.281 e. The Bertz CT molecular complexity index is 1370. The molecule has 0 saturated carbocycles. The van der Waals surface area contributed by atoms with Gasteiger partial charge in [-0.3, -0.25) is 14.7 Å². The van der Waals surface area contributed by atoms with Crippen molar-refractivity contribution in [2.75, 3.05) is 20.8 Å². The molecular formula is C23H22ClN3O5. The molecule has 0 amide bonds. The van der Waals surface area contributed by atoms with Crippen LogP contribution < -0.4 is 20.6 Å². The van der Waals surface area contributed by atoms with Crippen LogP contribution >= 0.6 is 11.6 Å². The largest absolute Gasteiger partial charge is 0.497 e. The topological polar surface area (TPSA) is 87.5 Å². The van der Waals surface area contributed by atoms with Crippen LogP contribution in [0.4, 0.5) is 0 Å². The number of H-pyrrole nitrogens is 1. The number of pyridine rings is 1. The fourth-order valence-electron chi connectivity index (χ4n) is 3.53. The summed E-state index contributed by atoms with van der Waals surface area (Å²) in [5.41, 5.74) is 0.734. The molecule has 32 heavy (non-hydrogen) atoms. The van der Waals surface area contributed by atoms with Gasteiger partial charge in [-0.25, -0.2) is 4.68 Å². The van der Waals surface area contributed by atoms with Crippen LogP contribution in [0.25, 0.3) is 16.6 Å². The number of aromatic amines is 1. The molecule has 2 heterocycles. The van der Waals surface area contributed by atoms with Crippen LogP contribution in [0.3, 0.4) is 0 Å². The van der Waals surface area contributed by atoms with Gasteiger partial charge in [0.25, 0.3) is 11.1 Å². The Labute approximate surface area is 188 Å². The first-order chi connectivity index (χ1) is 15.5. The minimum atomic E-state index is -0.330. The van der Waals surface area contributed by atoms with Crippen molar-refractivity contribution in [1.82, 2.24) is 14.3 Å². The van der Waals surface area contributed by atoms with Crippen LogP contribution in [0, 0.1) is 0 Å². The van der Waals surface area contributed by atoms with E-state index in [1.165, 1.54) is 15.3 Å². The fourth-order valence-corrected chi connectivity index (χ4v) is 3.75. The highest BCUT2D eigenvalue weighted by molar-refractivity contribution is 6.32. The number of methoxy groups -OCH3 is 2. The van der Waals surface area contributed by atoms with E-state index in [0.29, 0.717) is 45.4 Å². The van der Waals surface area contributed by atoms with Gasteiger partial charge in [0.1, 0.15) is 18.1 Å². The van der Waals surface area contributed by atoms with Crippen LogP contribution in [0.1, 0.15) is 5.69 Å². The van der Waals surface area contributed by atoms with Crippen molar-refractivity contribution in [2.45, 2.75) is 13.2 Å². The molecule has 0 aliphatic heterocycles. The molecule has 8 nitrogen and oxygen atoms in total. The Kier molecular flexibility index (Phi) is 6.34. The van der Waals surface area contributed by atoms with Gasteiger partial charge in [-0.05, 0) is 24.3 Å². The second kappa shape index (κ2) is 9.33. The molecule has 9 heteroatoms. The predicted molar refractivity (Wildman–Crippen MR) is 122 cm³/mol. The lowest BCUT2D eigenvalue weighted by Crippen LogP contribution is -2.27. The average molecular weight is 456 g/mol. The third kappa shape index (κ3) is 4.15. The van der Waals surface area contributed by atoms with Crippen LogP contribution in [0.2, 0.25) is 5.02 Å². The van der Waals surface area contributed by atoms with E-state index in [4.69, 9.17) is 25.8 Å². The van der Waals surface area contributed by atoms with Crippen molar-refractivity contribution in [3.05, 3.63) is 86.0 Å². The van der Waals surface area contributed by atoms with E-state index in [1.54, 1.807) is 62.8 Å². The maximum absolute atomic E-state index is 13.4. The standard InChI is InChI=1S/C23H22ClN3O5/c1-30-11-10-26-20(14-32-16-7-5-6-15(12-16)31-2)22-18(13-21(26)28)25-27(23(22)29)19-9-4-3-8-17(19)24/h3-9,12-13,25H,10-11,14H2,1-2H3. The van der Waals surface area contributed by atoms with Crippen molar-refractivity contribution in [1.29, 1.82) is 0 Å². The predicted octanol–water partition coefficient (Wildman–Crippen LogP) is 3.37. The summed E-state index contributed by atoms with van der Waals surface area (Å²) in [4.78, 5) is 26.3. The van der Waals surface area contributed by atoms with Crippen LogP contribution in [-0.2, 0) is 17.9 Å². The van der Waals surface area contributed by atoms with Gasteiger partial charge in [0.2, 0.25) is 0 Å². The van der Waals surface area contributed by atoms with Crippen molar-refractivity contribution in [3.8, 4) is 17.2 Å². The second-order valence-corrected chi connectivity index (χ2v) is 7.44. The lowest BCUT2D eigenvalue weighted by Gasteiger charge is -2.14. The molecular weight excluding hydrogens is 434 g/mol. The lowest BCUT2D eigenvalue weighted by molar-refractivity contribution is 0.183. The molecule has 1 N–H and O–H groups in total. The van der Waals surface area contributed by atoms with Crippen molar-refractivity contribution in [2.24, 2.45) is 0 Å². The summed E-state index contributed by atoms with van der Waals surface area (Å²) in [7, 11) is 3.12. The van der Waals surface area contributed by atoms with Gasteiger partial charge < -0.3 is 18.8 Å². The normalized spacial score (nSPS) is 11.1. The monoisotopic (exact) mass is 455 g/mol. The zero-order chi connectivity index (χ0) is 22.7. The quantitative estimate of drug-likeness (QED) is 0.440. The van der Waals surface area contributed by atoms with Crippen LogP contribution in [0.5, 0.6) is 11.5 Å². The zero-order valence-corrected chi connectivity index (χ0v) is 18.4. The third-order valence-corrected chi connectivity index (χ3v) is 5.42. The summed E-state index contributed by atoms with van der Waals surface area (Å²) in [5, 5.41) is 3.76. The molecule has 0 unspecified atom stereocenters. The van der Waals surface area contributed by atoms with Gasteiger partial charge in [-0.15, -0.1) is 0 Å². The van der Waals surface area contributed by atoms with Gasteiger partial charge in [0.15, 0.2) is 0 Å². The summed E-state index contributed by atoms with van der Waals surface area (Å²) in [5.74, 6) is 1.19. The highest BCUT2D eigenvalue weighted by Gasteiger charge is 2.19. The van der Waals surface area contributed by atoms with Gasteiger partial charge >= 0.3 is 0 Å². The molecule has 0 radical (unpaired) electrons. The highest BCUT2D eigenvalue weighted by atomic mass is 35.5. The number of hydrogen-bond donors (Lipinski definition) is 1. The van der Waals surface area contributed by atoms with Crippen LogP contribution in [0.15, 0.2) is 64.2 Å². The number of para-hydroxylation sites is 1. The maximum Gasteiger partial charge on any atom is 0.281 e. The maximum atomic E-state index is 13.4. The molecule has 2 aromatic carbocycles. The number of aromatic nitrogens is 3. The summed E-state index contributed by atoms with van der Waals surface area (Å²) in [6.07, 6.45) is 0. The van der Waals surface area contributed by atoms with Gasteiger partial charge in [0, 0.05) is 25.8 Å². The number of benzene rings is 2. The molecule has 0 spiro atoms. The number of ether oxygens (including phenoxy) is 3. The van der Waals surface area contributed by atoms with Crippen LogP contribution in [-0.4, -0.2) is 35.2 Å². The Morgan fingerprint density at radius 3 is 2.53 bits per heavy atom. The Balaban J connectivity index is 1.86. The van der Waals surface area contributed by atoms with Crippen molar-refractivity contribution in [3.63, 3.8) is 0 Å². The summed E-state index contributed by atoms with van der Waals surface area (Å²) in [6.45, 7) is 0.582. The van der Waals surface area contributed by atoms with E-state index < -0.39 is 0 Å². The number of hydrogen-bond acceptors (Lipinski definition) is 5. The second-order valence-electron chi connectivity index (χ2n) is 7.03. The van der Waals surface area contributed by atoms with E-state index >= 15 is 0 Å². The van der Waals surface area contributed by atoms with Crippen molar-refractivity contribution >= 4 is 22.5 Å². The van der Waals surface area contributed by atoms with Gasteiger partial charge in [-0.1, -0.05) is 29.8 Å². The van der Waals surface area contributed by atoms with E-state index in [1.807, 2.05) is 0 Å². The Hall–Kier alpha value is -3.49. The molecule has 2 aromatic heterocycles. The SMILES string of the molecule is COCCn1c(COc2cccc(OC)c2)c2c(=O)n(-c3ccccc3Cl)[nH]c2cc1=O. The van der Waals surface area contributed by atoms with Gasteiger partial charge in [-0.2, -0.15) is 0 Å². The minimum Gasteiger partial charge on any atom is -0.497 e. The molecule has 0 aliphatic carbocycles. The number of halogens is 1. The van der Waals surface area contributed by atoms with E-state index in [0.717, 1.165) is 0 Å². The molecule has 0 saturated heterocycles. The Morgan fingerprint density at radius 1 is 1.00 bits per heavy atom. The highest BCUT2D eigenvalue weighted by Crippen LogP contribution is 2.23. The first kappa shape index (κ1) is 21.7. The van der Waals surface area contributed by atoms with E-state index in [9.17, 15) is 9.59 Å². The zero-order valence-electron chi connectivity index (χ0n) is 17.6. The summed E-state index contributed by atoms with van der Waals surface area (Å²) in [6, 6.07) is 15.5. The number of nitrogens with one attached hydrogen (secondary N) is 1. The van der Waals surface area contributed by atoms with Gasteiger partial charge in [0.05, 0.1) is 41.0 Å². The minimum absolute atomic E-state index is 0.000916. The fraction of sp³-hybridized carbons (Fsp3) is 0.217. The van der Waals surface area contributed by atoms with Crippen molar-refractivity contribution < 1.29 is 14.2 Å². The molecule has 0 atom stereocenters. The first-order valence-corrected chi connectivity index (χ1v) is 10.3. The Morgan fingerprint density at radius 2 is 1.78 bits per heavy atom. The van der Waals surface area contributed by atoms with E-state index in [2.05, 4.69) is 5.10 Å². The number of fused-ring (bicyclic) bond motifs is 1. The first-order valence-electron chi connectivity index (χ1n) is 9.91.